The van der Waals surface area contributed by atoms with Gasteiger partial charge in [-0.25, -0.2) is 8.42 Å². The minimum atomic E-state index is -3.77. The highest BCUT2D eigenvalue weighted by Gasteiger charge is 2.24. The van der Waals surface area contributed by atoms with Gasteiger partial charge in [-0.2, -0.15) is 0 Å². The topological polar surface area (TPSA) is 105 Å². The standard InChI is InChI=1S/C24H22N4O4S/c1-2-28(20-11-7-4-8-12-20)33(30,31)21-15-13-19(14-16-21)23(29)25-24-27-26-22(32-24)17-18-9-5-3-6-10-18/h3-16H,2,17H2,1H3,(H,25,27,29). The highest BCUT2D eigenvalue weighted by atomic mass is 32.2. The highest BCUT2D eigenvalue weighted by Crippen LogP contribution is 2.23. The Balaban J connectivity index is 1.45. The van der Waals surface area contributed by atoms with E-state index in [9.17, 15) is 13.2 Å². The molecule has 0 aliphatic carbocycles. The summed E-state index contributed by atoms with van der Waals surface area (Å²) in [7, 11) is -3.77. The van der Waals surface area contributed by atoms with Crippen molar-refractivity contribution in [2.75, 3.05) is 16.2 Å². The van der Waals surface area contributed by atoms with Crippen LogP contribution in [0, 0.1) is 0 Å². The largest absolute Gasteiger partial charge is 0.407 e. The van der Waals surface area contributed by atoms with Gasteiger partial charge in [0.2, 0.25) is 5.89 Å². The van der Waals surface area contributed by atoms with Gasteiger partial charge in [-0.15, -0.1) is 5.10 Å². The lowest BCUT2D eigenvalue weighted by Gasteiger charge is -2.22. The maximum Gasteiger partial charge on any atom is 0.322 e. The molecule has 0 spiro atoms. The van der Waals surface area contributed by atoms with Crippen LogP contribution in [0.15, 0.2) is 94.2 Å². The summed E-state index contributed by atoms with van der Waals surface area (Å²) in [6.07, 6.45) is 0.450. The minimum Gasteiger partial charge on any atom is -0.407 e. The number of amides is 1. The van der Waals surface area contributed by atoms with Crippen LogP contribution in [0.1, 0.15) is 28.7 Å². The maximum atomic E-state index is 13.1. The molecule has 0 saturated heterocycles. The number of rotatable bonds is 8. The number of carbonyl (C=O) groups is 1. The molecule has 4 rings (SSSR count). The second kappa shape index (κ2) is 9.66. The van der Waals surface area contributed by atoms with E-state index in [4.69, 9.17) is 4.42 Å². The molecule has 9 heteroatoms. The fraction of sp³-hybridized carbons (Fsp3) is 0.125. The van der Waals surface area contributed by atoms with Crippen molar-refractivity contribution in [3.8, 4) is 0 Å². The Morgan fingerprint density at radius 1 is 0.909 bits per heavy atom. The number of sulfonamides is 1. The van der Waals surface area contributed by atoms with Crippen LogP contribution >= 0.6 is 0 Å². The van der Waals surface area contributed by atoms with Gasteiger partial charge in [0.1, 0.15) is 0 Å². The van der Waals surface area contributed by atoms with Gasteiger partial charge in [0.05, 0.1) is 17.0 Å². The van der Waals surface area contributed by atoms with Gasteiger partial charge in [-0.3, -0.25) is 14.4 Å². The first kappa shape index (κ1) is 22.2. The Morgan fingerprint density at radius 2 is 1.55 bits per heavy atom. The summed E-state index contributed by atoms with van der Waals surface area (Å²) in [5.74, 6) is -0.109. The van der Waals surface area contributed by atoms with Crippen molar-refractivity contribution in [3.63, 3.8) is 0 Å². The highest BCUT2D eigenvalue weighted by molar-refractivity contribution is 7.92. The van der Waals surface area contributed by atoms with Crippen LogP contribution in [0.5, 0.6) is 0 Å². The fourth-order valence-corrected chi connectivity index (χ4v) is 4.78. The molecule has 3 aromatic carbocycles. The van der Waals surface area contributed by atoms with E-state index < -0.39 is 15.9 Å². The van der Waals surface area contributed by atoms with Gasteiger partial charge in [-0.05, 0) is 48.9 Å². The Bertz CT molecular complexity index is 1320. The molecular weight excluding hydrogens is 440 g/mol. The molecule has 33 heavy (non-hydrogen) atoms. The Labute approximate surface area is 191 Å². The number of para-hydroxylation sites is 1. The van der Waals surface area contributed by atoms with E-state index in [-0.39, 0.29) is 23.0 Å². The molecule has 0 atom stereocenters. The molecular formula is C24H22N4O4S. The lowest BCUT2D eigenvalue weighted by Crippen LogP contribution is -2.30. The lowest BCUT2D eigenvalue weighted by atomic mass is 10.2. The van der Waals surface area contributed by atoms with Crippen molar-refractivity contribution in [3.05, 3.63) is 102 Å². The minimum absolute atomic E-state index is 0.0242. The van der Waals surface area contributed by atoms with E-state index in [2.05, 4.69) is 15.5 Å². The van der Waals surface area contributed by atoms with E-state index in [0.717, 1.165) is 5.56 Å². The van der Waals surface area contributed by atoms with Gasteiger partial charge in [0.25, 0.3) is 15.9 Å². The molecule has 0 fully saturated rings. The van der Waals surface area contributed by atoms with Crippen LogP contribution < -0.4 is 9.62 Å². The number of aromatic nitrogens is 2. The predicted octanol–water partition coefficient (Wildman–Crippen LogP) is 4.13. The summed E-state index contributed by atoms with van der Waals surface area (Å²) >= 11 is 0. The van der Waals surface area contributed by atoms with E-state index in [1.165, 1.54) is 28.6 Å². The normalized spacial score (nSPS) is 11.2. The number of hydrogen-bond donors (Lipinski definition) is 1. The van der Waals surface area contributed by atoms with Gasteiger partial charge in [-0.1, -0.05) is 53.6 Å². The SMILES string of the molecule is CCN(c1ccccc1)S(=O)(=O)c1ccc(C(=O)Nc2nnc(Cc3ccccc3)o2)cc1. The number of anilines is 2. The van der Waals surface area contributed by atoms with E-state index >= 15 is 0 Å². The van der Waals surface area contributed by atoms with Gasteiger partial charge >= 0.3 is 6.01 Å². The summed E-state index contributed by atoms with van der Waals surface area (Å²) in [5.41, 5.74) is 1.84. The van der Waals surface area contributed by atoms with Gasteiger partial charge in [0, 0.05) is 12.1 Å². The molecule has 0 aliphatic heterocycles. The summed E-state index contributed by atoms with van der Waals surface area (Å²) in [5, 5.41) is 10.3. The smallest absolute Gasteiger partial charge is 0.322 e. The first-order valence-corrected chi connectivity index (χ1v) is 11.8. The van der Waals surface area contributed by atoms with Gasteiger partial charge in [0.15, 0.2) is 0 Å². The first-order valence-electron chi connectivity index (χ1n) is 10.3. The van der Waals surface area contributed by atoms with Crippen molar-refractivity contribution in [1.82, 2.24) is 10.2 Å². The maximum absolute atomic E-state index is 13.1. The second-order valence-electron chi connectivity index (χ2n) is 7.15. The van der Waals surface area contributed by atoms with Crippen molar-refractivity contribution >= 4 is 27.6 Å². The van der Waals surface area contributed by atoms with Crippen molar-refractivity contribution in [2.45, 2.75) is 18.2 Å². The Morgan fingerprint density at radius 3 is 2.18 bits per heavy atom. The van der Waals surface area contributed by atoms with Crippen LogP contribution in [0.3, 0.4) is 0 Å². The Hall–Kier alpha value is -3.98. The van der Waals surface area contributed by atoms with Crippen LogP contribution in [0.4, 0.5) is 11.7 Å². The zero-order valence-electron chi connectivity index (χ0n) is 17.9. The molecule has 1 N–H and O–H groups in total. The molecule has 168 valence electrons. The third-order valence-electron chi connectivity index (χ3n) is 4.92. The van der Waals surface area contributed by atoms with Gasteiger partial charge < -0.3 is 4.42 Å². The lowest BCUT2D eigenvalue weighted by molar-refractivity contribution is 0.102. The second-order valence-corrected chi connectivity index (χ2v) is 9.01. The summed E-state index contributed by atoms with van der Waals surface area (Å²) in [6.45, 7) is 2.04. The zero-order chi connectivity index (χ0) is 23.3. The van der Waals surface area contributed by atoms with Crippen LogP contribution in [-0.2, 0) is 16.4 Å². The monoisotopic (exact) mass is 462 g/mol. The third kappa shape index (κ3) is 5.09. The summed E-state index contributed by atoms with van der Waals surface area (Å²) < 4.78 is 33.0. The molecule has 0 aliphatic rings. The molecule has 1 aromatic heterocycles. The van der Waals surface area contributed by atoms with Crippen molar-refractivity contribution in [2.24, 2.45) is 0 Å². The van der Waals surface area contributed by atoms with E-state index in [1.54, 1.807) is 31.2 Å². The van der Waals surface area contributed by atoms with Crippen LogP contribution in [0.25, 0.3) is 0 Å². The molecule has 0 bridgehead atoms. The molecule has 0 radical (unpaired) electrons. The van der Waals surface area contributed by atoms with Crippen molar-refractivity contribution < 1.29 is 17.6 Å². The summed E-state index contributed by atoms with van der Waals surface area (Å²) in [6, 6.07) is 24.2. The van der Waals surface area contributed by atoms with Crippen LogP contribution in [-0.4, -0.2) is 31.1 Å². The number of nitrogens with one attached hydrogen (secondary N) is 1. The number of carbonyl (C=O) groups excluding carboxylic acids is 1. The molecule has 1 heterocycles. The fourth-order valence-electron chi connectivity index (χ4n) is 3.31. The predicted molar refractivity (Wildman–Crippen MR) is 125 cm³/mol. The van der Waals surface area contributed by atoms with Crippen LogP contribution in [0.2, 0.25) is 0 Å². The number of hydrogen-bond acceptors (Lipinski definition) is 6. The number of nitrogens with zero attached hydrogens (tertiary/aromatic N) is 3. The number of benzene rings is 3. The van der Waals surface area contributed by atoms with E-state index in [0.29, 0.717) is 18.0 Å². The average molecular weight is 463 g/mol. The Kier molecular flexibility index (Phi) is 6.50. The van der Waals surface area contributed by atoms with E-state index in [1.807, 2.05) is 36.4 Å². The third-order valence-corrected chi connectivity index (χ3v) is 6.84. The average Bonchev–Trinajstić information content (AvgIpc) is 3.27. The molecule has 8 nitrogen and oxygen atoms in total. The zero-order valence-corrected chi connectivity index (χ0v) is 18.7. The molecule has 4 aromatic rings. The molecule has 1 amide bonds. The van der Waals surface area contributed by atoms with Crippen molar-refractivity contribution in [1.29, 1.82) is 0 Å². The summed E-state index contributed by atoms with van der Waals surface area (Å²) in [4.78, 5) is 12.6. The molecule has 0 unspecified atom stereocenters. The first-order chi connectivity index (χ1) is 16.0. The quantitative estimate of drug-likeness (QED) is 0.422. The molecule has 0 saturated carbocycles.